The van der Waals surface area contributed by atoms with Crippen LogP contribution >= 0.6 is 15.9 Å². The lowest BCUT2D eigenvalue weighted by atomic mass is 10.1. The quantitative estimate of drug-likeness (QED) is 0.844. The molecule has 0 fully saturated rings. The van der Waals surface area contributed by atoms with E-state index in [2.05, 4.69) is 27.2 Å². The summed E-state index contributed by atoms with van der Waals surface area (Å²) in [7, 11) is 0. The molecule has 84 valence electrons. The first-order valence-corrected chi connectivity index (χ1v) is 5.57. The molecule has 1 rings (SSSR count). The van der Waals surface area contributed by atoms with E-state index in [1.165, 1.54) is 6.07 Å². The van der Waals surface area contributed by atoms with E-state index in [-0.39, 0.29) is 24.7 Å². The van der Waals surface area contributed by atoms with E-state index in [0.717, 1.165) is 0 Å². The third-order valence-electron chi connectivity index (χ3n) is 2.02. The smallest absolute Gasteiger partial charge is 0.221 e. The average molecular weight is 284 g/mol. The lowest BCUT2D eigenvalue weighted by Crippen LogP contribution is -2.23. The summed E-state index contributed by atoms with van der Waals surface area (Å²) >= 11 is 3.17. The highest BCUT2D eigenvalue weighted by Crippen LogP contribution is 2.16. The maximum Gasteiger partial charge on any atom is 0.221 e. The molecule has 0 bridgehead atoms. The average Bonchev–Trinajstić information content (AvgIpc) is 2.25. The van der Waals surface area contributed by atoms with Crippen molar-refractivity contribution in [2.75, 3.05) is 6.54 Å². The Balaban J connectivity index is 2.49. The molecule has 0 aliphatic carbocycles. The van der Waals surface area contributed by atoms with E-state index in [0.29, 0.717) is 16.5 Å². The summed E-state index contributed by atoms with van der Waals surface area (Å²) in [6, 6.07) is 4.79. The zero-order valence-electron chi connectivity index (χ0n) is 8.59. The number of rotatable bonds is 4. The van der Waals surface area contributed by atoms with Gasteiger partial charge in [-0.25, -0.2) is 4.39 Å². The van der Waals surface area contributed by atoms with E-state index < -0.39 is 0 Å². The van der Waals surface area contributed by atoms with Crippen LogP contribution in [0.3, 0.4) is 0 Å². The Labute approximate surface area is 102 Å². The number of halogens is 2. The van der Waals surface area contributed by atoms with Gasteiger partial charge in [-0.2, -0.15) is 0 Å². The van der Waals surface area contributed by atoms with Gasteiger partial charge in [0.15, 0.2) is 0 Å². The zero-order chi connectivity index (χ0) is 12.0. The first kappa shape index (κ1) is 12.7. The molecule has 0 heterocycles. The Hall–Kier alpha value is -1.34. The van der Waals surface area contributed by atoms with Crippen LogP contribution in [0.1, 0.15) is 12.0 Å². The summed E-state index contributed by atoms with van der Waals surface area (Å²) in [5, 5.41) is 2.53. The van der Waals surface area contributed by atoms with Crippen molar-refractivity contribution >= 4 is 21.8 Å². The van der Waals surface area contributed by atoms with Crippen molar-refractivity contribution in [1.29, 1.82) is 0 Å². The summed E-state index contributed by atoms with van der Waals surface area (Å²) in [6.07, 6.45) is 5.60. The van der Waals surface area contributed by atoms with Crippen LogP contribution in [-0.4, -0.2) is 12.5 Å². The number of amides is 1. The molecular formula is C12H11BrFNO. The number of hydrogen-bond donors (Lipinski definition) is 1. The molecule has 16 heavy (non-hydrogen) atoms. The number of nitrogens with one attached hydrogen (secondary N) is 1. The Morgan fingerprint density at radius 3 is 2.94 bits per heavy atom. The molecule has 1 N–H and O–H groups in total. The van der Waals surface area contributed by atoms with Crippen molar-refractivity contribution in [1.82, 2.24) is 5.32 Å². The van der Waals surface area contributed by atoms with Gasteiger partial charge in [0, 0.05) is 10.9 Å². The van der Waals surface area contributed by atoms with Gasteiger partial charge < -0.3 is 5.32 Å². The van der Waals surface area contributed by atoms with E-state index in [1.54, 1.807) is 12.1 Å². The van der Waals surface area contributed by atoms with Crippen LogP contribution in [0.15, 0.2) is 22.7 Å². The number of carbonyl (C=O) groups is 1. The minimum Gasteiger partial charge on any atom is -0.345 e. The number of carbonyl (C=O) groups excluding carboxylic acids is 1. The molecule has 0 atom stereocenters. The molecule has 0 saturated heterocycles. The second-order valence-corrected chi connectivity index (χ2v) is 4.13. The van der Waals surface area contributed by atoms with Gasteiger partial charge in [-0.3, -0.25) is 4.79 Å². The normalized spacial score (nSPS) is 9.56. The minimum absolute atomic E-state index is 0.166. The third kappa shape index (κ3) is 4.03. The van der Waals surface area contributed by atoms with E-state index in [9.17, 15) is 9.18 Å². The van der Waals surface area contributed by atoms with E-state index in [4.69, 9.17) is 6.42 Å². The summed E-state index contributed by atoms with van der Waals surface area (Å²) in [5.41, 5.74) is 0.527. The number of benzene rings is 1. The second-order valence-electron chi connectivity index (χ2n) is 3.22. The highest BCUT2D eigenvalue weighted by molar-refractivity contribution is 9.10. The Bertz CT molecular complexity index is 426. The Morgan fingerprint density at radius 2 is 2.31 bits per heavy atom. The van der Waals surface area contributed by atoms with Gasteiger partial charge in [0.1, 0.15) is 5.82 Å². The number of terminal acetylenes is 1. The van der Waals surface area contributed by atoms with Crippen LogP contribution in [0.4, 0.5) is 4.39 Å². The predicted octanol–water partition coefficient (Wildman–Crippen LogP) is 2.27. The van der Waals surface area contributed by atoms with Gasteiger partial charge in [-0.15, -0.1) is 6.42 Å². The van der Waals surface area contributed by atoms with Crippen LogP contribution in [-0.2, 0) is 11.2 Å². The first-order valence-electron chi connectivity index (χ1n) is 4.77. The highest BCUT2D eigenvalue weighted by Gasteiger charge is 2.05. The predicted molar refractivity (Wildman–Crippen MR) is 64.3 cm³/mol. The molecule has 0 spiro atoms. The first-order chi connectivity index (χ1) is 7.63. The van der Waals surface area contributed by atoms with Crippen LogP contribution in [0.5, 0.6) is 0 Å². The monoisotopic (exact) mass is 283 g/mol. The molecule has 1 amide bonds. The number of hydrogen-bond acceptors (Lipinski definition) is 1. The molecule has 0 saturated carbocycles. The minimum atomic E-state index is -0.306. The standard InChI is InChI=1S/C12H11BrFNO/c1-2-7-15-12(16)6-4-9-3-5-10(13)8-11(9)14/h1,3,5,8H,4,6-7H2,(H,15,16). The molecule has 0 aromatic heterocycles. The molecule has 4 heteroatoms. The van der Waals surface area contributed by atoms with Gasteiger partial charge in [0.2, 0.25) is 5.91 Å². The van der Waals surface area contributed by atoms with Crippen LogP contribution in [0.25, 0.3) is 0 Å². The van der Waals surface area contributed by atoms with Crippen molar-refractivity contribution in [2.24, 2.45) is 0 Å². The summed E-state index contributed by atoms with van der Waals surface area (Å²) < 4.78 is 14.0. The largest absolute Gasteiger partial charge is 0.345 e. The fraction of sp³-hybridized carbons (Fsp3) is 0.250. The summed E-state index contributed by atoms with van der Waals surface area (Å²) in [5.74, 6) is 1.83. The van der Waals surface area contributed by atoms with E-state index in [1.807, 2.05) is 0 Å². The maximum atomic E-state index is 13.4. The summed E-state index contributed by atoms with van der Waals surface area (Å²) in [6.45, 7) is 0.210. The molecule has 0 aliphatic heterocycles. The van der Waals surface area contributed by atoms with Crippen molar-refractivity contribution in [3.63, 3.8) is 0 Å². The Kier molecular flexibility index (Phi) is 5.00. The van der Waals surface area contributed by atoms with Crippen molar-refractivity contribution in [2.45, 2.75) is 12.8 Å². The van der Waals surface area contributed by atoms with E-state index >= 15 is 0 Å². The third-order valence-corrected chi connectivity index (χ3v) is 2.52. The zero-order valence-corrected chi connectivity index (χ0v) is 10.2. The van der Waals surface area contributed by atoms with Gasteiger partial charge in [-0.05, 0) is 24.1 Å². The van der Waals surface area contributed by atoms with Crippen LogP contribution in [0, 0.1) is 18.2 Å². The second kappa shape index (κ2) is 6.29. The highest BCUT2D eigenvalue weighted by atomic mass is 79.9. The van der Waals surface area contributed by atoms with Crippen LogP contribution in [0.2, 0.25) is 0 Å². The lowest BCUT2D eigenvalue weighted by Gasteiger charge is -2.04. The molecular weight excluding hydrogens is 273 g/mol. The van der Waals surface area contributed by atoms with Crippen molar-refractivity contribution in [3.8, 4) is 12.3 Å². The topological polar surface area (TPSA) is 29.1 Å². The Morgan fingerprint density at radius 1 is 1.56 bits per heavy atom. The molecule has 0 aliphatic rings. The molecule has 0 unspecified atom stereocenters. The molecule has 1 aromatic carbocycles. The summed E-state index contributed by atoms with van der Waals surface area (Å²) in [4.78, 5) is 11.2. The van der Waals surface area contributed by atoms with Gasteiger partial charge in [0.25, 0.3) is 0 Å². The van der Waals surface area contributed by atoms with Crippen LogP contribution < -0.4 is 5.32 Å². The lowest BCUT2D eigenvalue weighted by molar-refractivity contribution is -0.120. The molecule has 1 aromatic rings. The van der Waals surface area contributed by atoms with Crippen molar-refractivity contribution in [3.05, 3.63) is 34.1 Å². The van der Waals surface area contributed by atoms with Gasteiger partial charge in [0.05, 0.1) is 6.54 Å². The number of aryl methyl sites for hydroxylation is 1. The molecule has 2 nitrogen and oxygen atoms in total. The van der Waals surface area contributed by atoms with Gasteiger partial charge in [-0.1, -0.05) is 27.9 Å². The van der Waals surface area contributed by atoms with Gasteiger partial charge >= 0.3 is 0 Å². The molecule has 0 radical (unpaired) electrons. The fourth-order valence-corrected chi connectivity index (χ4v) is 1.54. The maximum absolute atomic E-state index is 13.4. The van der Waals surface area contributed by atoms with Crippen molar-refractivity contribution < 1.29 is 9.18 Å². The fourth-order valence-electron chi connectivity index (χ4n) is 1.21. The SMILES string of the molecule is C#CCNC(=O)CCc1ccc(Br)cc1F.